The SMILES string of the molecule is CCc1ccccc1-n1nnc2cc(C(=O)O)ccc21. The van der Waals surface area contributed by atoms with Gasteiger partial charge in [0.1, 0.15) is 5.52 Å². The van der Waals surface area contributed by atoms with E-state index in [1.54, 1.807) is 16.8 Å². The molecule has 0 unspecified atom stereocenters. The summed E-state index contributed by atoms with van der Waals surface area (Å²) in [6, 6.07) is 12.8. The second kappa shape index (κ2) is 4.77. The number of para-hydroxylation sites is 1. The van der Waals surface area contributed by atoms with Crippen molar-refractivity contribution < 1.29 is 9.90 Å². The maximum Gasteiger partial charge on any atom is 0.335 e. The quantitative estimate of drug-likeness (QED) is 0.792. The van der Waals surface area contributed by atoms with Crippen molar-refractivity contribution in [2.45, 2.75) is 13.3 Å². The fraction of sp³-hybridized carbons (Fsp3) is 0.133. The summed E-state index contributed by atoms with van der Waals surface area (Å²) in [6.45, 7) is 2.08. The Morgan fingerprint density at radius 1 is 1.25 bits per heavy atom. The van der Waals surface area contributed by atoms with Crippen LogP contribution in [-0.4, -0.2) is 26.1 Å². The third-order valence-corrected chi connectivity index (χ3v) is 3.29. The van der Waals surface area contributed by atoms with Gasteiger partial charge in [-0.15, -0.1) is 5.10 Å². The number of hydrogen-bond acceptors (Lipinski definition) is 3. The molecule has 1 aromatic heterocycles. The van der Waals surface area contributed by atoms with Gasteiger partial charge in [-0.1, -0.05) is 30.3 Å². The minimum atomic E-state index is -0.963. The van der Waals surface area contributed by atoms with E-state index in [-0.39, 0.29) is 5.56 Å². The second-order valence-corrected chi connectivity index (χ2v) is 4.49. The Morgan fingerprint density at radius 2 is 2.05 bits per heavy atom. The van der Waals surface area contributed by atoms with Crippen LogP contribution in [0.25, 0.3) is 16.7 Å². The molecule has 0 radical (unpaired) electrons. The van der Waals surface area contributed by atoms with E-state index in [0.29, 0.717) is 5.52 Å². The van der Waals surface area contributed by atoms with E-state index < -0.39 is 5.97 Å². The normalized spacial score (nSPS) is 10.8. The van der Waals surface area contributed by atoms with Crippen LogP contribution in [0.5, 0.6) is 0 Å². The molecule has 0 fully saturated rings. The first-order valence-corrected chi connectivity index (χ1v) is 6.37. The lowest BCUT2D eigenvalue weighted by Crippen LogP contribution is -2.01. The number of rotatable bonds is 3. The lowest BCUT2D eigenvalue weighted by Gasteiger charge is -2.07. The molecular formula is C15H13N3O2. The predicted molar refractivity (Wildman–Crippen MR) is 75.2 cm³/mol. The summed E-state index contributed by atoms with van der Waals surface area (Å²) in [6.07, 6.45) is 0.894. The molecular weight excluding hydrogens is 254 g/mol. The van der Waals surface area contributed by atoms with Crippen molar-refractivity contribution in [2.24, 2.45) is 0 Å². The van der Waals surface area contributed by atoms with Gasteiger partial charge in [-0.2, -0.15) is 0 Å². The van der Waals surface area contributed by atoms with E-state index in [1.807, 2.05) is 18.2 Å². The Kier molecular flexibility index (Phi) is 2.95. The number of carboxylic acid groups (broad SMARTS) is 1. The molecule has 0 aliphatic rings. The van der Waals surface area contributed by atoms with Gasteiger partial charge in [0.2, 0.25) is 0 Å². The van der Waals surface area contributed by atoms with Crippen molar-refractivity contribution in [1.82, 2.24) is 15.0 Å². The van der Waals surface area contributed by atoms with Gasteiger partial charge in [-0.3, -0.25) is 0 Å². The largest absolute Gasteiger partial charge is 0.478 e. The average molecular weight is 267 g/mol. The molecule has 3 aromatic rings. The number of aryl methyl sites for hydroxylation is 1. The molecule has 1 N–H and O–H groups in total. The Hall–Kier alpha value is -2.69. The highest BCUT2D eigenvalue weighted by Gasteiger charge is 2.11. The summed E-state index contributed by atoms with van der Waals surface area (Å²) in [5, 5.41) is 17.2. The minimum Gasteiger partial charge on any atom is -0.478 e. The first-order valence-electron chi connectivity index (χ1n) is 6.37. The maximum absolute atomic E-state index is 11.0. The molecule has 1 heterocycles. The van der Waals surface area contributed by atoms with E-state index in [4.69, 9.17) is 5.11 Å². The van der Waals surface area contributed by atoms with Gasteiger partial charge in [0.15, 0.2) is 0 Å². The van der Waals surface area contributed by atoms with Crippen molar-refractivity contribution in [2.75, 3.05) is 0 Å². The van der Waals surface area contributed by atoms with Crippen LogP contribution in [-0.2, 0) is 6.42 Å². The third-order valence-electron chi connectivity index (χ3n) is 3.29. The Labute approximate surface area is 115 Å². The van der Waals surface area contributed by atoms with Gasteiger partial charge < -0.3 is 5.11 Å². The lowest BCUT2D eigenvalue weighted by molar-refractivity contribution is 0.0697. The van der Waals surface area contributed by atoms with Crippen molar-refractivity contribution in [1.29, 1.82) is 0 Å². The number of carbonyl (C=O) groups is 1. The molecule has 20 heavy (non-hydrogen) atoms. The summed E-state index contributed by atoms with van der Waals surface area (Å²) in [5.41, 5.74) is 3.74. The van der Waals surface area contributed by atoms with Crippen molar-refractivity contribution in [3.8, 4) is 5.69 Å². The van der Waals surface area contributed by atoms with Crippen LogP contribution in [0.15, 0.2) is 42.5 Å². The highest BCUT2D eigenvalue weighted by atomic mass is 16.4. The zero-order valence-corrected chi connectivity index (χ0v) is 10.9. The minimum absolute atomic E-state index is 0.216. The molecule has 5 heteroatoms. The zero-order chi connectivity index (χ0) is 14.1. The van der Waals surface area contributed by atoms with Crippen molar-refractivity contribution in [3.63, 3.8) is 0 Å². The van der Waals surface area contributed by atoms with E-state index >= 15 is 0 Å². The van der Waals surface area contributed by atoms with Crippen LogP contribution in [0.2, 0.25) is 0 Å². The first-order chi connectivity index (χ1) is 9.70. The smallest absolute Gasteiger partial charge is 0.335 e. The van der Waals surface area contributed by atoms with Crippen LogP contribution in [0.1, 0.15) is 22.8 Å². The maximum atomic E-state index is 11.0. The highest BCUT2D eigenvalue weighted by molar-refractivity contribution is 5.92. The van der Waals surface area contributed by atoms with E-state index in [0.717, 1.165) is 17.6 Å². The van der Waals surface area contributed by atoms with Crippen molar-refractivity contribution in [3.05, 3.63) is 53.6 Å². The molecule has 0 aliphatic heterocycles. The first kappa shape index (κ1) is 12.3. The fourth-order valence-electron chi connectivity index (χ4n) is 2.25. The van der Waals surface area contributed by atoms with Gasteiger partial charge in [0, 0.05) is 0 Å². The zero-order valence-electron chi connectivity index (χ0n) is 10.9. The Balaban J connectivity index is 2.20. The number of nitrogens with zero attached hydrogens (tertiary/aromatic N) is 3. The Morgan fingerprint density at radius 3 is 2.80 bits per heavy atom. The summed E-state index contributed by atoms with van der Waals surface area (Å²) in [7, 11) is 0. The fourth-order valence-corrected chi connectivity index (χ4v) is 2.25. The second-order valence-electron chi connectivity index (χ2n) is 4.49. The molecule has 0 amide bonds. The number of fused-ring (bicyclic) bond motifs is 1. The van der Waals surface area contributed by atoms with Crippen LogP contribution in [0, 0.1) is 0 Å². The van der Waals surface area contributed by atoms with Gasteiger partial charge in [0.25, 0.3) is 0 Å². The molecule has 0 bridgehead atoms. The summed E-state index contributed by atoms with van der Waals surface area (Å²) >= 11 is 0. The summed E-state index contributed by atoms with van der Waals surface area (Å²) in [4.78, 5) is 11.0. The number of hydrogen-bond donors (Lipinski definition) is 1. The van der Waals surface area contributed by atoms with Gasteiger partial charge >= 0.3 is 5.97 Å². The van der Waals surface area contributed by atoms with Crippen LogP contribution < -0.4 is 0 Å². The van der Waals surface area contributed by atoms with Gasteiger partial charge in [-0.05, 0) is 36.2 Å². The number of aromatic nitrogens is 3. The lowest BCUT2D eigenvalue weighted by atomic mass is 10.1. The third kappa shape index (κ3) is 1.93. The van der Waals surface area contributed by atoms with E-state index in [2.05, 4.69) is 23.3 Å². The van der Waals surface area contributed by atoms with Gasteiger partial charge in [0.05, 0.1) is 16.8 Å². The summed E-state index contributed by atoms with van der Waals surface area (Å²) < 4.78 is 1.75. The molecule has 0 aliphatic carbocycles. The molecule has 100 valence electrons. The average Bonchev–Trinajstić information content (AvgIpc) is 2.89. The van der Waals surface area contributed by atoms with Crippen LogP contribution >= 0.6 is 0 Å². The molecule has 0 saturated heterocycles. The summed E-state index contributed by atoms with van der Waals surface area (Å²) in [5.74, 6) is -0.963. The topological polar surface area (TPSA) is 68.0 Å². The number of carboxylic acids is 1. The van der Waals surface area contributed by atoms with Crippen molar-refractivity contribution >= 4 is 17.0 Å². The van der Waals surface area contributed by atoms with E-state index in [1.165, 1.54) is 11.6 Å². The molecule has 5 nitrogen and oxygen atoms in total. The molecule has 3 rings (SSSR count). The molecule has 0 spiro atoms. The van der Waals surface area contributed by atoms with Gasteiger partial charge in [-0.25, -0.2) is 9.48 Å². The molecule has 2 aromatic carbocycles. The standard InChI is InChI=1S/C15H13N3O2/c1-2-10-5-3-4-6-13(10)18-14-8-7-11(15(19)20)9-12(14)16-17-18/h3-9H,2H2,1H3,(H,19,20). The molecule has 0 atom stereocenters. The number of benzene rings is 2. The molecule has 0 saturated carbocycles. The van der Waals surface area contributed by atoms with E-state index in [9.17, 15) is 4.79 Å². The highest BCUT2D eigenvalue weighted by Crippen LogP contribution is 2.20. The van der Waals surface area contributed by atoms with Crippen LogP contribution in [0.3, 0.4) is 0 Å². The predicted octanol–water partition coefficient (Wildman–Crippen LogP) is 2.68. The van der Waals surface area contributed by atoms with Crippen LogP contribution in [0.4, 0.5) is 0 Å². The Bertz CT molecular complexity index is 793. The number of aromatic carboxylic acids is 1. The monoisotopic (exact) mass is 267 g/mol.